The third-order valence-corrected chi connectivity index (χ3v) is 10.6. The van der Waals surface area contributed by atoms with Crippen LogP contribution in [0, 0.1) is 0 Å². The van der Waals surface area contributed by atoms with Crippen LogP contribution in [-0.4, -0.2) is 48.3 Å². The predicted molar refractivity (Wildman–Crippen MR) is 138 cm³/mol. The normalized spacial score (nSPS) is 16.6. The van der Waals surface area contributed by atoms with Crippen LogP contribution in [0.1, 0.15) is 18.5 Å². The highest BCUT2D eigenvalue weighted by atomic mass is 35.5. The number of benzene rings is 1. The van der Waals surface area contributed by atoms with Crippen LogP contribution >= 0.6 is 34.3 Å². The zero-order valence-corrected chi connectivity index (χ0v) is 21.8. The van der Waals surface area contributed by atoms with Gasteiger partial charge in [-0.05, 0) is 48.6 Å². The summed E-state index contributed by atoms with van der Waals surface area (Å²) in [5.74, 6) is 0.197. The highest BCUT2D eigenvalue weighted by Crippen LogP contribution is 2.40. The van der Waals surface area contributed by atoms with Gasteiger partial charge in [-0.2, -0.15) is 4.31 Å². The molecule has 1 amide bonds. The predicted octanol–water partition coefficient (Wildman–Crippen LogP) is 4.80. The van der Waals surface area contributed by atoms with Crippen LogP contribution in [0.4, 0.5) is 5.13 Å². The second-order valence-corrected chi connectivity index (χ2v) is 12.3. The fourth-order valence-electron chi connectivity index (χ4n) is 4.10. The lowest BCUT2D eigenvalue weighted by molar-refractivity contribution is -0.121. The van der Waals surface area contributed by atoms with Gasteiger partial charge in [-0.3, -0.25) is 14.7 Å². The summed E-state index contributed by atoms with van der Waals surface area (Å²) in [4.78, 5) is 24.6. The van der Waals surface area contributed by atoms with Crippen molar-refractivity contribution in [3.8, 4) is 5.75 Å². The maximum absolute atomic E-state index is 14.0. The van der Waals surface area contributed by atoms with Gasteiger partial charge in [-0.15, -0.1) is 11.3 Å². The maximum Gasteiger partial charge on any atom is 0.253 e. The van der Waals surface area contributed by atoms with E-state index in [1.807, 2.05) is 12.1 Å². The quantitative estimate of drug-likeness (QED) is 0.329. The molecule has 4 aromatic rings. The van der Waals surface area contributed by atoms with Gasteiger partial charge in [0, 0.05) is 12.7 Å². The van der Waals surface area contributed by atoms with Gasteiger partial charge in [0.25, 0.3) is 10.0 Å². The van der Waals surface area contributed by atoms with Crippen molar-refractivity contribution < 1.29 is 17.9 Å². The minimum atomic E-state index is -3.79. The van der Waals surface area contributed by atoms with Crippen molar-refractivity contribution >= 4 is 65.6 Å². The van der Waals surface area contributed by atoms with Gasteiger partial charge in [0.2, 0.25) is 5.91 Å². The number of aromatic nitrogens is 2. The summed E-state index contributed by atoms with van der Waals surface area (Å²) < 4.78 is 34.3. The number of amides is 1. The van der Waals surface area contributed by atoms with E-state index in [2.05, 4.69) is 4.98 Å². The molecule has 1 unspecified atom stereocenters. The number of fused-ring (bicyclic) bond motifs is 1. The Morgan fingerprint density at radius 2 is 2.11 bits per heavy atom. The number of thiophene rings is 1. The molecular formula is C23H21ClN4O4S3. The van der Waals surface area contributed by atoms with Crippen LogP contribution in [0.15, 0.2) is 58.3 Å². The molecule has 0 spiro atoms. The van der Waals surface area contributed by atoms with E-state index < -0.39 is 16.1 Å². The number of pyridine rings is 1. The number of hydrogen-bond donors (Lipinski definition) is 0. The van der Waals surface area contributed by atoms with Crippen LogP contribution < -0.4 is 9.64 Å². The van der Waals surface area contributed by atoms with E-state index in [-0.39, 0.29) is 23.2 Å². The van der Waals surface area contributed by atoms with Crippen molar-refractivity contribution in [1.82, 2.24) is 14.3 Å². The lowest BCUT2D eigenvalue weighted by atomic mass is 10.2. The van der Waals surface area contributed by atoms with Crippen molar-refractivity contribution in [3.63, 3.8) is 0 Å². The molecule has 0 saturated carbocycles. The Kier molecular flexibility index (Phi) is 6.78. The molecule has 1 fully saturated rings. The van der Waals surface area contributed by atoms with Crippen molar-refractivity contribution in [1.29, 1.82) is 0 Å². The molecule has 182 valence electrons. The van der Waals surface area contributed by atoms with E-state index in [1.54, 1.807) is 49.0 Å². The number of sulfonamides is 1. The molecule has 8 nitrogen and oxygen atoms in total. The lowest BCUT2D eigenvalue weighted by Gasteiger charge is -2.28. The minimum absolute atomic E-state index is 0.142. The fraction of sp³-hybridized carbons (Fsp3) is 0.261. The molecule has 35 heavy (non-hydrogen) atoms. The highest BCUT2D eigenvalue weighted by Gasteiger charge is 2.42. The Labute approximate surface area is 215 Å². The fourth-order valence-corrected chi connectivity index (χ4v) is 8.13. The van der Waals surface area contributed by atoms with Crippen molar-refractivity contribution in [3.05, 3.63) is 64.8 Å². The highest BCUT2D eigenvalue weighted by molar-refractivity contribution is 7.91. The number of nitrogens with zero attached hydrogens (tertiary/aromatic N) is 4. The van der Waals surface area contributed by atoms with Gasteiger partial charge >= 0.3 is 0 Å². The van der Waals surface area contributed by atoms with Crippen molar-refractivity contribution in [2.24, 2.45) is 0 Å². The maximum atomic E-state index is 14.0. The molecule has 1 aliphatic heterocycles. The van der Waals surface area contributed by atoms with E-state index in [4.69, 9.17) is 21.3 Å². The lowest BCUT2D eigenvalue weighted by Crippen LogP contribution is -2.47. The molecule has 1 aliphatic rings. The van der Waals surface area contributed by atoms with E-state index in [0.29, 0.717) is 44.7 Å². The summed E-state index contributed by atoms with van der Waals surface area (Å²) in [6.07, 6.45) is 2.68. The molecule has 5 rings (SSSR count). The minimum Gasteiger partial charge on any atom is -0.494 e. The molecule has 0 N–H and O–H groups in total. The standard InChI is InChI=1S/C23H21ClN4O4S3/c1-32-18-10-9-16(24)21-20(18)26-23(34-21)27(14-15-6-2-3-11-25-15)22(29)17-7-4-12-28(17)35(30,31)19-8-5-13-33-19/h2-3,5-6,8-11,13,17H,4,7,12,14H2,1H3. The second-order valence-electron chi connectivity index (χ2n) is 7.88. The van der Waals surface area contributed by atoms with Gasteiger partial charge in [-0.25, -0.2) is 13.4 Å². The number of methoxy groups -OCH3 is 1. The first-order chi connectivity index (χ1) is 16.9. The summed E-state index contributed by atoms with van der Waals surface area (Å²) >= 11 is 8.83. The Hall–Kier alpha value is -2.57. The molecule has 12 heteroatoms. The first kappa shape index (κ1) is 24.1. The number of ether oxygens (including phenoxy) is 1. The van der Waals surface area contributed by atoms with Crippen LogP contribution in [0.3, 0.4) is 0 Å². The van der Waals surface area contributed by atoms with Gasteiger partial charge < -0.3 is 4.74 Å². The van der Waals surface area contributed by atoms with Gasteiger partial charge in [0.1, 0.15) is 21.5 Å². The molecule has 0 aliphatic carbocycles. The molecule has 0 bridgehead atoms. The molecule has 1 saturated heterocycles. The Morgan fingerprint density at radius 3 is 2.83 bits per heavy atom. The number of hydrogen-bond acceptors (Lipinski definition) is 8. The first-order valence-corrected chi connectivity index (χ1v) is 14.3. The third kappa shape index (κ3) is 4.54. The zero-order chi connectivity index (χ0) is 24.6. The summed E-state index contributed by atoms with van der Waals surface area (Å²) in [6.45, 7) is 0.427. The zero-order valence-electron chi connectivity index (χ0n) is 18.6. The summed E-state index contributed by atoms with van der Waals surface area (Å²) in [7, 11) is -2.24. The molecule has 0 radical (unpaired) electrons. The largest absolute Gasteiger partial charge is 0.494 e. The van der Waals surface area contributed by atoms with E-state index in [0.717, 1.165) is 11.3 Å². The number of carbonyl (C=O) groups is 1. The van der Waals surface area contributed by atoms with E-state index in [1.165, 1.54) is 20.5 Å². The molecule has 1 aromatic carbocycles. The number of halogens is 1. The second kappa shape index (κ2) is 9.82. The van der Waals surface area contributed by atoms with Gasteiger partial charge in [0.05, 0.1) is 29.1 Å². The van der Waals surface area contributed by atoms with Crippen LogP contribution in [-0.2, 0) is 21.4 Å². The van der Waals surface area contributed by atoms with Crippen molar-refractivity contribution in [2.45, 2.75) is 29.6 Å². The number of anilines is 1. The SMILES string of the molecule is COc1ccc(Cl)c2sc(N(Cc3ccccn3)C(=O)C3CCCN3S(=O)(=O)c3cccs3)nc12. The smallest absolute Gasteiger partial charge is 0.253 e. The Bertz CT molecular complexity index is 1460. The summed E-state index contributed by atoms with van der Waals surface area (Å²) in [5.41, 5.74) is 1.21. The summed E-state index contributed by atoms with van der Waals surface area (Å²) in [5, 5.41) is 2.62. The monoisotopic (exact) mass is 548 g/mol. The Balaban J connectivity index is 1.57. The first-order valence-electron chi connectivity index (χ1n) is 10.8. The third-order valence-electron chi connectivity index (χ3n) is 5.76. The average Bonchev–Trinajstić information content (AvgIpc) is 3.64. The van der Waals surface area contributed by atoms with E-state index in [9.17, 15) is 13.2 Å². The van der Waals surface area contributed by atoms with Crippen LogP contribution in [0.25, 0.3) is 10.2 Å². The molecule has 4 heterocycles. The molecule has 1 atom stereocenters. The topological polar surface area (TPSA) is 92.7 Å². The number of carbonyl (C=O) groups excluding carboxylic acids is 1. The van der Waals surface area contributed by atoms with E-state index >= 15 is 0 Å². The van der Waals surface area contributed by atoms with Crippen molar-refractivity contribution in [2.75, 3.05) is 18.6 Å². The molecular weight excluding hydrogens is 528 g/mol. The average molecular weight is 549 g/mol. The van der Waals surface area contributed by atoms with Gasteiger partial charge in [-0.1, -0.05) is 35.1 Å². The Morgan fingerprint density at radius 1 is 1.26 bits per heavy atom. The van der Waals surface area contributed by atoms with Crippen LogP contribution in [0.2, 0.25) is 5.02 Å². The molecule has 3 aromatic heterocycles. The number of thiazole rings is 1. The number of rotatable bonds is 7. The van der Waals surface area contributed by atoms with Gasteiger partial charge in [0.15, 0.2) is 5.13 Å². The summed E-state index contributed by atoms with van der Waals surface area (Å²) in [6, 6.07) is 11.3. The van der Waals surface area contributed by atoms with Crippen LogP contribution in [0.5, 0.6) is 5.75 Å².